The molecule has 0 fully saturated rings. The molecule has 2 aromatic heterocycles. The molecule has 0 bridgehead atoms. The van der Waals surface area contributed by atoms with Crippen LogP contribution < -0.4 is 15.4 Å². The molecule has 1 unspecified atom stereocenters. The Labute approximate surface area is 179 Å². The van der Waals surface area contributed by atoms with Crippen molar-refractivity contribution in [2.24, 2.45) is 9.98 Å². The summed E-state index contributed by atoms with van der Waals surface area (Å²) in [6.45, 7) is 1.91. The van der Waals surface area contributed by atoms with Crippen molar-refractivity contribution in [1.82, 2.24) is 9.97 Å². The summed E-state index contributed by atoms with van der Waals surface area (Å²) in [7, 11) is -2.22. The van der Waals surface area contributed by atoms with Crippen LogP contribution in [0, 0.1) is 6.92 Å². The molecule has 7 nitrogen and oxygen atoms in total. The Kier molecular flexibility index (Phi) is 4.51. The molecule has 0 amide bonds. The summed E-state index contributed by atoms with van der Waals surface area (Å²) < 4.78 is 32.4. The normalized spacial score (nSPS) is 17.2. The lowest BCUT2D eigenvalue weighted by Crippen LogP contribution is -2.35. The molecule has 0 saturated heterocycles. The molecule has 154 valence electrons. The number of hydrogen-bond acceptors (Lipinski definition) is 7. The highest BCUT2D eigenvalue weighted by atomic mass is 32.2. The Morgan fingerprint density at radius 2 is 1.84 bits per heavy atom. The van der Waals surface area contributed by atoms with Crippen LogP contribution in [0.1, 0.15) is 11.1 Å². The Balaban J connectivity index is 1.77. The minimum atomic E-state index is -3.76. The molecule has 5 rings (SSSR count). The summed E-state index contributed by atoms with van der Waals surface area (Å²) >= 11 is 0. The van der Waals surface area contributed by atoms with E-state index in [2.05, 4.69) is 15.0 Å². The quantitative estimate of drug-likeness (QED) is 0.630. The predicted octanol–water partition coefficient (Wildman–Crippen LogP) is 1.87. The highest BCUT2D eigenvalue weighted by Crippen LogP contribution is 2.36. The molecule has 1 atom stereocenters. The highest BCUT2D eigenvalue weighted by molar-refractivity contribution is 7.93. The molecule has 3 aromatic rings. The van der Waals surface area contributed by atoms with Gasteiger partial charge in [0.1, 0.15) is 11.0 Å². The number of ether oxygens (including phenoxy) is 1. The van der Waals surface area contributed by atoms with Gasteiger partial charge >= 0.3 is 0 Å². The fraction of sp³-hybridized carbons (Fsp3) is 0.130. The fourth-order valence-electron chi connectivity index (χ4n) is 3.68. The molecule has 1 aromatic carbocycles. The van der Waals surface area contributed by atoms with Crippen LogP contribution >= 0.6 is 0 Å². The van der Waals surface area contributed by atoms with Crippen LogP contribution in [0.15, 0.2) is 81.6 Å². The van der Waals surface area contributed by atoms with E-state index >= 15 is 0 Å². The van der Waals surface area contributed by atoms with Crippen LogP contribution in [0.3, 0.4) is 0 Å². The monoisotopic (exact) mass is 430 g/mol. The smallest absolute Gasteiger partial charge is 0.190 e. The van der Waals surface area contributed by atoms with Gasteiger partial charge in [0.05, 0.1) is 40.3 Å². The van der Waals surface area contributed by atoms with Gasteiger partial charge in [0.25, 0.3) is 0 Å². The van der Waals surface area contributed by atoms with Gasteiger partial charge in [0.15, 0.2) is 9.84 Å². The maximum Gasteiger partial charge on any atom is 0.190 e. The van der Waals surface area contributed by atoms with Gasteiger partial charge in [-0.1, -0.05) is 17.7 Å². The molecule has 0 saturated carbocycles. The number of aromatic nitrogens is 2. The number of hydrogen-bond donors (Lipinski definition) is 0. The van der Waals surface area contributed by atoms with Gasteiger partial charge in [-0.2, -0.15) is 0 Å². The molecule has 8 heteroatoms. The highest BCUT2D eigenvalue weighted by Gasteiger charge is 2.38. The van der Waals surface area contributed by atoms with Gasteiger partial charge in [-0.3, -0.25) is 15.0 Å². The second-order valence-electron chi connectivity index (χ2n) is 7.26. The second-order valence-corrected chi connectivity index (χ2v) is 9.33. The first-order valence-electron chi connectivity index (χ1n) is 9.62. The first-order chi connectivity index (χ1) is 15.0. The van der Waals surface area contributed by atoms with Gasteiger partial charge in [-0.25, -0.2) is 13.4 Å². The fourth-order valence-corrected chi connectivity index (χ4v) is 5.25. The van der Waals surface area contributed by atoms with Crippen molar-refractivity contribution < 1.29 is 13.2 Å². The van der Waals surface area contributed by atoms with E-state index in [1.165, 1.54) is 6.21 Å². The number of sulfone groups is 1. The number of rotatable bonds is 4. The Morgan fingerprint density at radius 1 is 1.03 bits per heavy atom. The third-order valence-electron chi connectivity index (χ3n) is 5.29. The van der Waals surface area contributed by atoms with Gasteiger partial charge in [-0.05, 0) is 31.2 Å². The zero-order valence-electron chi connectivity index (χ0n) is 16.9. The van der Waals surface area contributed by atoms with E-state index in [4.69, 9.17) is 9.73 Å². The van der Waals surface area contributed by atoms with Gasteiger partial charge in [-0.15, -0.1) is 0 Å². The molecular weight excluding hydrogens is 412 g/mol. The van der Waals surface area contributed by atoms with E-state index in [0.29, 0.717) is 33.4 Å². The van der Waals surface area contributed by atoms with Crippen LogP contribution in [0.2, 0.25) is 0 Å². The van der Waals surface area contributed by atoms with E-state index in [1.54, 1.807) is 62.1 Å². The molecule has 0 aliphatic carbocycles. The van der Waals surface area contributed by atoms with Crippen molar-refractivity contribution in [2.75, 3.05) is 7.11 Å². The number of aliphatic imine (C=N–C) groups is 1. The van der Waals surface area contributed by atoms with Crippen LogP contribution in [0.5, 0.6) is 5.75 Å². The predicted molar refractivity (Wildman–Crippen MR) is 117 cm³/mol. The van der Waals surface area contributed by atoms with Crippen LogP contribution in [0.25, 0.3) is 11.3 Å². The third-order valence-corrected chi connectivity index (χ3v) is 7.24. The van der Waals surface area contributed by atoms with Gasteiger partial charge < -0.3 is 4.74 Å². The standard InChI is InChI=1S/C23H18N4O3S/c1-14-5-7-17(8-6-14)31(28,29)19-13-26-21(15-4-3-9-24-11-15)23-20(19)22-18(27-23)10-16(30-2)12-25-22/h3-13,19H,1-2H3. The Morgan fingerprint density at radius 3 is 2.55 bits per heavy atom. The molecule has 2 aliphatic heterocycles. The van der Waals surface area contributed by atoms with Crippen molar-refractivity contribution in [3.05, 3.63) is 88.6 Å². The molecule has 4 heterocycles. The second kappa shape index (κ2) is 7.24. The number of pyridine rings is 2. The Bertz CT molecular complexity index is 1480. The lowest BCUT2D eigenvalue weighted by Gasteiger charge is -2.21. The molecule has 0 radical (unpaired) electrons. The first kappa shape index (κ1) is 19.3. The number of benzene rings is 1. The molecule has 0 spiro atoms. The summed E-state index contributed by atoms with van der Waals surface area (Å²) in [5.74, 6) is 0.545. The van der Waals surface area contributed by atoms with Crippen LogP contribution in [0.4, 0.5) is 0 Å². The summed E-state index contributed by atoms with van der Waals surface area (Å²) in [6.07, 6.45) is 6.38. The molecule has 31 heavy (non-hydrogen) atoms. The minimum absolute atomic E-state index is 0.230. The van der Waals surface area contributed by atoms with E-state index in [9.17, 15) is 8.42 Å². The van der Waals surface area contributed by atoms with Crippen LogP contribution in [-0.4, -0.2) is 37.0 Å². The Hall–Kier alpha value is -3.65. The average Bonchev–Trinajstić information content (AvgIpc) is 3.17. The average molecular weight is 430 g/mol. The number of allylic oxidation sites excluding steroid dienone is 1. The number of fused-ring (bicyclic) bond motifs is 2. The third kappa shape index (κ3) is 3.16. The summed E-state index contributed by atoms with van der Waals surface area (Å²) in [6, 6.07) is 12.2. The van der Waals surface area contributed by atoms with E-state index in [1.807, 2.05) is 13.0 Å². The maximum atomic E-state index is 13.6. The van der Waals surface area contributed by atoms with Crippen molar-refractivity contribution in [2.45, 2.75) is 17.1 Å². The first-order valence-corrected chi connectivity index (χ1v) is 11.2. The van der Waals surface area contributed by atoms with Crippen molar-refractivity contribution in [3.8, 4) is 5.75 Å². The van der Waals surface area contributed by atoms with Crippen molar-refractivity contribution in [3.63, 3.8) is 0 Å². The lowest BCUT2D eigenvalue weighted by atomic mass is 10.0. The molecule has 0 N–H and O–H groups in total. The zero-order chi connectivity index (χ0) is 21.6. The largest absolute Gasteiger partial charge is 0.495 e. The van der Waals surface area contributed by atoms with Gasteiger partial charge in [0, 0.05) is 35.8 Å². The van der Waals surface area contributed by atoms with Gasteiger partial charge in [0.2, 0.25) is 0 Å². The van der Waals surface area contributed by atoms with E-state index < -0.39 is 15.1 Å². The van der Waals surface area contributed by atoms with Crippen LogP contribution in [-0.2, 0) is 9.84 Å². The molecule has 2 aliphatic rings. The number of nitrogens with zero attached hydrogens (tertiary/aromatic N) is 4. The summed E-state index contributed by atoms with van der Waals surface area (Å²) in [4.78, 5) is 18.1. The lowest BCUT2D eigenvalue weighted by molar-refractivity contribution is 0.412. The van der Waals surface area contributed by atoms with Crippen molar-refractivity contribution in [1.29, 1.82) is 0 Å². The summed E-state index contributed by atoms with van der Waals surface area (Å²) in [5.41, 5.74) is 3.31. The van der Waals surface area contributed by atoms with E-state index in [0.717, 1.165) is 11.1 Å². The van der Waals surface area contributed by atoms with Crippen molar-refractivity contribution >= 4 is 27.3 Å². The SMILES string of the molecule is COc1cnc2c(c1)=NC1=C(c3cccnc3)N=CC(S(=O)(=O)c3ccc(C)cc3)C=21. The maximum absolute atomic E-state index is 13.6. The minimum Gasteiger partial charge on any atom is -0.495 e. The van der Waals surface area contributed by atoms with E-state index in [-0.39, 0.29) is 4.90 Å². The topological polar surface area (TPSA) is 93.9 Å². The zero-order valence-corrected chi connectivity index (χ0v) is 17.7. The number of aryl methyl sites for hydroxylation is 1. The molecular formula is C23H18N4O3S. The number of methoxy groups -OCH3 is 1. The summed E-state index contributed by atoms with van der Waals surface area (Å²) in [5, 5.41) is 0.0703.